The Labute approximate surface area is 140 Å². The molecule has 2 aromatic carbocycles. The standard InChI is InChI=1S/C19H18N4O/c1-13-7-6-8-14(2)18(13)23-17-11-16(20-12-21-17)19(24)22-15-9-4-3-5-10-15/h3-12H,1-2H3,(H,22,24)(H,20,21,23). The average Bonchev–Trinajstić information content (AvgIpc) is 2.59. The van der Waals surface area contributed by atoms with Crippen LogP contribution < -0.4 is 10.6 Å². The van der Waals surface area contributed by atoms with E-state index >= 15 is 0 Å². The molecule has 1 heterocycles. The average molecular weight is 318 g/mol. The van der Waals surface area contributed by atoms with E-state index in [4.69, 9.17) is 0 Å². The van der Waals surface area contributed by atoms with Crippen LogP contribution in [0.15, 0.2) is 60.9 Å². The number of nitrogens with one attached hydrogen (secondary N) is 2. The summed E-state index contributed by atoms with van der Waals surface area (Å²) in [6.45, 7) is 4.05. The molecule has 0 fully saturated rings. The number of anilines is 3. The number of para-hydroxylation sites is 2. The van der Waals surface area contributed by atoms with Gasteiger partial charge in [0.05, 0.1) is 0 Å². The van der Waals surface area contributed by atoms with Crippen molar-refractivity contribution < 1.29 is 4.79 Å². The van der Waals surface area contributed by atoms with Crippen molar-refractivity contribution in [3.05, 3.63) is 77.7 Å². The molecule has 0 aliphatic heterocycles. The number of rotatable bonds is 4. The number of benzene rings is 2. The number of carbonyl (C=O) groups excluding carboxylic acids is 1. The molecule has 0 bridgehead atoms. The van der Waals surface area contributed by atoms with Crippen molar-refractivity contribution in [3.63, 3.8) is 0 Å². The van der Waals surface area contributed by atoms with Crippen molar-refractivity contribution >= 4 is 23.1 Å². The molecule has 1 aromatic heterocycles. The largest absolute Gasteiger partial charge is 0.340 e. The van der Waals surface area contributed by atoms with E-state index in [9.17, 15) is 4.79 Å². The highest BCUT2D eigenvalue weighted by Gasteiger charge is 2.10. The van der Waals surface area contributed by atoms with E-state index in [1.807, 2.05) is 62.4 Å². The normalized spacial score (nSPS) is 10.2. The molecule has 5 nitrogen and oxygen atoms in total. The van der Waals surface area contributed by atoms with Crippen molar-refractivity contribution in [2.75, 3.05) is 10.6 Å². The van der Waals surface area contributed by atoms with Gasteiger partial charge in [-0.05, 0) is 37.1 Å². The summed E-state index contributed by atoms with van der Waals surface area (Å²) < 4.78 is 0. The molecule has 0 unspecified atom stereocenters. The quantitative estimate of drug-likeness (QED) is 0.760. The summed E-state index contributed by atoms with van der Waals surface area (Å²) in [5, 5.41) is 6.08. The van der Waals surface area contributed by atoms with E-state index in [1.54, 1.807) is 6.07 Å². The molecule has 1 amide bonds. The van der Waals surface area contributed by atoms with Gasteiger partial charge in [-0.15, -0.1) is 0 Å². The highest BCUT2D eigenvalue weighted by atomic mass is 16.1. The third kappa shape index (κ3) is 3.57. The second-order valence-corrected chi connectivity index (χ2v) is 5.50. The lowest BCUT2D eigenvalue weighted by molar-refractivity contribution is 0.102. The van der Waals surface area contributed by atoms with Gasteiger partial charge in [-0.25, -0.2) is 9.97 Å². The van der Waals surface area contributed by atoms with Gasteiger partial charge in [-0.3, -0.25) is 4.79 Å². The van der Waals surface area contributed by atoms with Crippen LogP contribution in [-0.4, -0.2) is 15.9 Å². The molecule has 0 atom stereocenters. The van der Waals surface area contributed by atoms with Gasteiger partial charge in [-0.1, -0.05) is 36.4 Å². The Hall–Kier alpha value is -3.21. The third-order valence-electron chi connectivity index (χ3n) is 3.67. The molecule has 0 aliphatic carbocycles. The second kappa shape index (κ2) is 6.91. The Morgan fingerprint density at radius 1 is 0.917 bits per heavy atom. The molecule has 2 N–H and O–H groups in total. The topological polar surface area (TPSA) is 66.9 Å². The van der Waals surface area contributed by atoms with Gasteiger partial charge in [0.2, 0.25) is 0 Å². The van der Waals surface area contributed by atoms with Crippen molar-refractivity contribution in [2.24, 2.45) is 0 Å². The Morgan fingerprint density at radius 3 is 2.33 bits per heavy atom. The van der Waals surface area contributed by atoms with Gasteiger partial charge in [0, 0.05) is 17.4 Å². The van der Waals surface area contributed by atoms with E-state index in [1.165, 1.54) is 6.33 Å². The van der Waals surface area contributed by atoms with Crippen LogP contribution in [0.25, 0.3) is 0 Å². The van der Waals surface area contributed by atoms with Crippen molar-refractivity contribution in [3.8, 4) is 0 Å². The van der Waals surface area contributed by atoms with E-state index in [0.29, 0.717) is 11.5 Å². The lowest BCUT2D eigenvalue weighted by Gasteiger charge is -2.12. The second-order valence-electron chi connectivity index (χ2n) is 5.50. The number of carbonyl (C=O) groups is 1. The number of amides is 1. The summed E-state index contributed by atoms with van der Waals surface area (Å²) >= 11 is 0. The zero-order chi connectivity index (χ0) is 16.9. The molecule has 0 spiro atoms. The maximum atomic E-state index is 12.3. The van der Waals surface area contributed by atoms with Crippen molar-refractivity contribution in [1.82, 2.24) is 9.97 Å². The molecular weight excluding hydrogens is 300 g/mol. The Balaban J connectivity index is 1.80. The van der Waals surface area contributed by atoms with Crippen LogP contribution >= 0.6 is 0 Å². The van der Waals surface area contributed by atoms with E-state index in [0.717, 1.165) is 22.5 Å². The Kier molecular flexibility index (Phi) is 4.52. The van der Waals surface area contributed by atoms with Crippen LogP contribution in [0.5, 0.6) is 0 Å². The van der Waals surface area contributed by atoms with Gasteiger partial charge < -0.3 is 10.6 Å². The minimum atomic E-state index is -0.270. The predicted octanol–water partition coefficient (Wildman–Crippen LogP) is 4.09. The molecule has 0 aliphatic rings. The summed E-state index contributed by atoms with van der Waals surface area (Å²) in [4.78, 5) is 20.6. The van der Waals surface area contributed by atoms with E-state index in [-0.39, 0.29) is 5.91 Å². The van der Waals surface area contributed by atoms with E-state index in [2.05, 4.69) is 20.6 Å². The highest BCUT2D eigenvalue weighted by molar-refractivity contribution is 6.03. The summed E-state index contributed by atoms with van der Waals surface area (Å²) in [5.41, 5.74) is 4.26. The fourth-order valence-electron chi connectivity index (χ4n) is 2.41. The lowest BCUT2D eigenvalue weighted by Crippen LogP contribution is -2.14. The highest BCUT2D eigenvalue weighted by Crippen LogP contribution is 2.23. The fraction of sp³-hybridized carbons (Fsp3) is 0.105. The number of hydrogen-bond donors (Lipinski definition) is 2. The molecule has 5 heteroatoms. The molecular formula is C19H18N4O. The van der Waals surface area contributed by atoms with Crippen LogP contribution in [0.3, 0.4) is 0 Å². The minimum Gasteiger partial charge on any atom is -0.340 e. The minimum absolute atomic E-state index is 0.270. The summed E-state index contributed by atoms with van der Waals surface area (Å²) in [6.07, 6.45) is 1.38. The molecule has 3 rings (SSSR count). The maximum Gasteiger partial charge on any atom is 0.274 e. The Morgan fingerprint density at radius 2 is 1.62 bits per heavy atom. The summed E-state index contributed by atoms with van der Waals surface area (Å²) in [5.74, 6) is 0.314. The summed E-state index contributed by atoms with van der Waals surface area (Å²) in [7, 11) is 0. The number of aromatic nitrogens is 2. The number of nitrogens with zero attached hydrogens (tertiary/aromatic N) is 2. The first-order chi connectivity index (χ1) is 11.6. The van der Waals surface area contributed by atoms with Gasteiger partial charge in [0.25, 0.3) is 5.91 Å². The van der Waals surface area contributed by atoms with Crippen molar-refractivity contribution in [1.29, 1.82) is 0 Å². The predicted molar refractivity (Wildman–Crippen MR) is 95.6 cm³/mol. The number of aryl methyl sites for hydroxylation is 2. The molecule has 0 radical (unpaired) electrons. The summed E-state index contributed by atoms with van der Waals surface area (Å²) in [6, 6.07) is 17.0. The van der Waals surface area contributed by atoms with E-state index < -0.39 is 0 Å². The van der Waals surface area contributed by atoms with Crippen LogP contribution in [0.2, 0.25) is 0 Å². The molecule has 0 saturated heterocycles. The zero-order valence-electron chi connectivity index (χ0n) is 13.6. The van der Waals surface area contributed by atoms with Gasteiger partial charge in [-0.2, -0.15) is 0 Å². The van der Waals surface area contributed by atoms with Crippen molar-refractivity contribution in [2.45, 2.75) is 13.8 Å². The molecule has 24 heavy (non-hydrogen) atoms. The molecule has 120 valence electrons. The first-order valence-corrected chi connectivity index (χ1v) is 7.65. The first kappa shape index (κ1) is 15.7. The smallest absolute Gasteiger partial charge is 0.274 e. The van der Waals surface area contributed by atoms with Crippen LogP contribution in [0.4, 0.5) is 17.2 Å². The maximum absolute atomic E-state index is 12.3. The Bertz CT molecular complexity index is 842. The zero-order valence-corrected chi connectivity index (χ0v) is 13.6. The number of hydrogen-bond acceptors (Lipinski definition) is 4. The van der Waals surface area contributed by atoms with Crippen LogP contribution in [-0.2, 0) is 0 Å². The third-order valence-corrected chi connectivity index (χ3v) is 3.67. The molecule has 0 saturated carbocycles. The van der Waals surface area contributed by atoms with Gasteiger partial charge >= 0.3 is 0 Å². The van der Waals surface area contributed by atoms with Gasteiger partial charge in [0.15, 0.2) is 0 Å². The monoisotopic (exact) mass is 318 g/mol. The van der Waals surface area contributed by atoms with Crippen LogP contribution in [0, 0.1) is 13.8 Å². The fourth-order valence-corrected chi connectivity index (χ4v) is 2.41. The lowest BCUT2D eigenvalue weighted by atomic mass is 10.1. The molecule has 3 aromatic rings. The van der Waals surface area contributed by atoms with Gasteiger partial charge in [0.1, 0.15) is 17.8 Å². The van der Waals surface area contributed by atoms with Crippen LogP contribution in [0.1, 0.15) is 21.6 Å². The SMILES string of the molecule is Cc1cccc(C)c1Nc1cc(C(=O)Nc2ccccc2)ncn1. The first-order valence-electron chi connectivity index (χ1n) is 7.65.